The van der Waals surface area contributed by atoms with Crippen LogP contribution >= 0.6 is 0 Å². The van der Waals surface area contributed by atoms with Gasteiger partial charge < -0.3 is 65.5 Å². The number of aliphatic hydroxyl groups excluding tert-OH is 6. The minimum atomic E-state index is -1.19. The smallest absolute Gasteiger partial charge is 0.220 e. The van der Waals surface area contributed by atoms with Gasteiger partial charge >= 0.3 is 0 Å². The van der Waals surface area contributed by atoms with Crippen molar-refractivity contribution >= 4 is 23.5 Å². The molecule has 9 N–H and O–H groups in total. The maximum absolute atomic E-state index is 13.3. The van der Waals surface area contributed by atoms with Gasteiger partial charge in [0.15, 0.2) is 12.1 Å². The lowest BCUT2D eigenvalue weighted by molar-refractivity contribution is -0.282. The molecule has 1 aliphatic carbocycles. The predicted molar refractivity (Wildman–Crippen MR) is 247 cm³/mol. The Bertz CT molecular complexity index is 1260. The lowest BCUT2D eigenvalue weighted by atomic mass is 9.77. The molecule has 1 saturated heterocycles. The molecule has 3 amide bonds. The number of hydrogen-bond donors (Lipinski definition) is 9. The summed E-state index contributed by atoms with van der Waals surface area (Å²) in [6.07, 6.45) is 5.46. The number of hydrogen-bond acceptors (Lipinski definition) is 14. The second-order valence-electron chi connectivity index (χ2n) is 18.8. The molecule has 0 aromatic carbocycles. The maximum Gasteiger partial charge on any atom is 0.220 e. The maximum atomic E-state index is 13.3. The lowest BCUT2D eigenvalue weighted by Crippen LogP contribution is -2.55. The van der Waals surface area contributed by atoms with Crippen molar-refractivity contribution in [3.05, 3.63) is 0 Å². The first kappa shape index (κ1) is 60.7. The lowest BCUT2D eigenvalue weighted by Gasteiger charge is -2.40. The van der Waals surface area contributed by atoms with E-state index in [1.165, 1.54) is 0 Å². The molecule has 65 heavy (non-hydrogen) atoms. The summed E-state index contributed by atoms with van der Waals surface area (Å²) in [6.45, 7) is 11.8. The standard InChI is InChI=1S/C44H81N3O14.C4H10/c1-30-35(27-32(28-48)42(56)40(30)54)59-25-14-6-10-20-37(51)45-22-13-12-17-33(34(50)18-8-4-5-9-19-38(52)46-23-16-24-58-3)47-39(53)21-11-7-15-26-60-44-31(2)41(55)43(57)36(29-49)61-44;1-4(2)3/h30-33,35-36,40-44,48-49,54-57H,4-29H2,1-3H3,(H,45,51)(H,46,52)(H,47,53);4H,1-3H3/t30?,31?,32?,33-,35?,36?,40?,41?,42?,43?,44?;/m0./s1. The molecule has 2 rings (SSSR count). The van der Waals surface area contributed by atoms with Gasteiger partial charge in [-0.15, -0.1) is 0 Å². The molecule has 11 atom stereocenters. The fourth-order valence-electron chi connectivity index (χ4n) is 7.85. The first-order valence-corrected chi connectivity index (χ1v) is 24.7. The van der Waals surface area contributed by atoms with Gasteiger partial charge in [0, 0.05) is 90.1 Å². The number of rotatable bonds is 34. The molecule has 2 aliphatic rings. The summed E-state index contributed by atoms with van der Waals surface area (Å²) in [7, 11) is 1.62. The normalized spacial score (nSPS) is 25.9. The number of ether oxygens (including phenoxy) is 4. The van der Waals surface area contributed by atoms with E-state index in [1.807, 2.05) is 6.92 Å². The van der Waals surface area contributed by atoms with Gasteiger partial charge in [0.1, 0.15) is 12.2 Å². The van der Waals surface area contributed by atoms with Gasteiger partial charge in [-0.25, -0.2) is 0 Å². The number of carbonyl (C=O) groups is 4. The predicted octanol–water partition coefficient (Wildman–Crippen LogP) is 3.45. The molecule has 0 radical (unpaired) electrons. The van der Waals surface area contributed by atoms with Gasteiger partial charge in [-0.05, 0) is 76.5 Å². The van der Waals surface area contributed by atoms with Crippen molar-refractivity contribution in [1.82, 2.24) is 16.0 Å². The van der Waals surface area contributed by atoms with Crippen LogP contribution in [0.5, 0.6) is 0 Å². The molecule has 0 aromatic rings. The highest BCUT2D eigenvalue weighted by Crippen LogP contribution is 2.32. The number of unbranched alkanes of at least 4 members (excludes halogenated alkanes) is 8. The van der Waals surface area contributed by atoms with Crippen LogP contribution in [0.2, 0.25) is 0 Å². The van der Waals surface area contributed by atoms with Crippen LogP contribution in [0.4, 0.5) is 0 Å². The summed E-state index contributed by atoms with van der Waals surface area (Å²) in [5.74, 6) is -0.562. The van der Waals surface area contributed by atoms with Crippen molar-refractivity contribution in [2.24, 2.45) is 23.7 Å². The monoisotopic (exact) mass is 934 g/mol. The Morgan fingerprint density at radius 1 is 0.600 bits per heavy atom. The number of Topliss-reactive ketones (excluding diaryl/α,β-unsaturated/α-hetero) is 1. The van der Waals surface area contributed by atoms with Crippen LogP contribution in [0.25, 0.3) is 0 Å². The number of ketones is 1. The van der Waals surface area contributed by atoms with E-state index in [9.17, 15) is 49.8 Å². The van der Waals surface area contributed by atoms with Crippen LogP contribution in [0, 0.1) is 23.7 Å². The number of aliphatic hydroxyl groups is 6. The van der Waals surface area contributed by atoms with E-state index >= 15 is 0 Å². The fourth-order valence-corrected chi connectivity index (χ4v) is 7.85. The topological polar surface area (TPSA) is 263 Å². The molecule has 17 heteroatoms. The third kappa shape index (κ3) is 26.7. The highest BCUT2D eigenvalue weighted by molar-refractivity contribution is 5.89. The third-order valence-corrected chi connectivity index (χ3v) is 12.0. The number of carbonyl (C=O) groups excluding carboxylic acids is 4. The van der Waals surface area contributed by atoms with Crippen LogP contribution in [0.15, 0.2) is 0 Å². The van der Waals surface area contributed by atoms with Gasteiger partial charge in [-0.2, -0.15) is 0 Å². The van der Waals surface area contributed by atoms with Crippen LogP contribution in [0.3, 0.4) is 0 Å². The summed E-state index contributed by atoms with van der Waals surface area (Å²) >= 11 is 0. The Morgan fingerprint density at radius 2 is 1.12 bits per heavy atom. The van der Waals surface area contributed by atoms with E-state index in [4.69, 9.17) is 18.9 Å². The van der Waals surface area contributed by atoms with E-state index < -0.39 is 61.3 Å². The average Bonchev–Trinajstić information content (AvgIpc) is 3.27. The second kappa shape index (κ2) is 36.7. The highest BCUT2D eigenvalue weighted by Gasteiger charge is 2.43. The van der Waals surface area contributed by atoms with E-state index in [0.29, 0.717) is 110 Å². The largest absolute Gasteiger partial charge is 0.396 e. The molecule has 0 spiro atoms. The summed E-state index contributed by atoms with van der Waals surface area (Å²) in [5.41, 5.74) is 0. The quantitative estimate of drug-likeness (QED) is 0.0419. The first-order chi connectivity index (χ1) is 31.1. The Morgan fingerprint density at radius 3 is 1.69 bits per heavy atom. The zero-order valence-electron chi connectivity index (χ0n) is 40.8. The third-order valence-electron chi connectivity index (χ3n) is 12.0. The molecule has 1 aliphatic heterocycles. The molecule has 17 nitrogen and oxygen atoms in total. The molecular formula is C48H91N3O14. The Labute approximate surface area is 389 Å². The minimum Gasteiger partial charge on any atom is -0.396 e. The van der Waals surface area contributed by atoms with E-state index in [-0.39, 0.29) is 48.6 Å². The van der Waals surface area contributed by atoms with Crippen molar-refractivity contribution in [2.75, 3.05) is 53.2 Å². The Hall–Kier alpha value is -2.32. The summed E-state index contributed by atoms with van der Waals surface area (Å²) in [6, 6.07) is -0.628. The van der Waals surface area contributed by atoms with Gasteiger partial charge in [-0.3, -0.25) is 19.2 Å². The van der Waals surface area contributed by atoms with E-state index in [1.54, 1.807) is 14.0 Å². The molecule has 1 saturated carbocycles. The average molecular weight is 934 g/mol. The molecule has 382 valence electrons. The van der Waals surface area contributed by atoms with Crippen LogP contribution in [-0.2, 0) is 38.1 Å². The number of methoxy groups -OCH3 is 1. The minimum absolute atomic E-state index is 0.0120. The fraction of sp³-hybridized carbons (Fsp3) is 0.917. The molecule has 10 unspecified atom stereocenters. The van der Waals surface area contributed by atoms with Crippen LogP contribution in [0.1, 0.15) is 157 Å². The van der Waals surface area contributed by atoms with Gasteiger partial charge in [0.2, 0.25) is 17.7 Å². The van der Waals surface area contributed by atoms with E-state index in [2.05, 4.69) is 36.7 Å². The molecular weight excluding hydrogens is 843 g/mol. The van der Waals surface area contributed by atoms with Gasteiger partial charge in [0.05, 0.1) is 37.1 Å². The Kier molecular flexibility index (Phi) is 34.3. The van der Waals surface area contributed by atoms with Crippen molar-refractivity contribution in [1.29, 1.82) is 0 Å². The summed E-state index contributed by atoms with van der Waals surface area (Å²) in [5, 5.41) is 68.4. The molecule has 0 aromatic heterocycles. The van der Waals surface area contributed by atoms with Gasteiger partial charge in [-0.1, -0.05) is 60.3 Å². The Balaban J connectivity index is 0.00000505. The number of nitrogens with one attached hydrogen (secondary N) is 3. The summed E-state index contributed by atoms with van der Waals surface area (Å²) < 4.78 is 22.3. The van der Waals surface area contributed by atoms with Crippen molar-refractivity contribution < 1.29 is 68.8 Å². The van der Waals surface area contributed by atoms with Crippen LogP contribution < -0.4 is 16.0 Å². The highest BCUT2D eigenvalue weighted by atomic mass is 16.7. The van der Waals surface area contributed by atoms with Gasteiger partial charge in [0.25, 0.3) is 0 Å². The zero-order valence-corrected chi connectivity index (χ0v) is 40.8. The summed E-state index contributed by atoms with van der Waals surface area (Å²) in [4.78, 5) is 50.8. The van der Waals surface area contributed by atoms with Crippen molar-refractivity contribution in [3.63, 3.8) is 0 Å². The number of amides is 3. The zero-order chi connectivity index (χ0) is 48.6. The second-order valence-corrected chi connectivity index (χ2v) is 18.8. The van der Waals surface area contributed by atoms with Crippen molar-refractivity contribution in [3.8, 4) is 0 Å². The molecule has 1 heterocycles. The van der Waals surface area contributed by atoms with Crippen LogP contribution in [-0.4, -0.2) is 156 Å². The SMILES string of the molecule is CC(C)C.COCCCNC(=O)CCCCCCC(=O)[C@H](CCCCNC(=O)CCCCCOC1CC(CO)C(O)C(O)C1C)NC(=O)CCCCCOC1OC(CO)C(O)C(O)C1C. The van der Waals surface area contributed by atoms with Crippen molar-refractivity contribution in [2.45, 2.75) is 206 Å². The van der Waals surface area contributed by atoms with E-state index in [0.717, 1.165) is 44.4 Å². The molecule has 2 fully saturated rings. The molecule has 0 bridgehead atoms. The first-order valence-electron chi connectivity index (χ1n) is 24.7.